The molecule has 32 heavy (non-hydrogen) atoms. The summed E-state index contributed by atoms with van der Waals surface area (Å²) >= 11 is 0. The predicted octanol–water partition coefficient (Wildman–Crippen LogP) is 1.81. The van der Waals surface area contributed by atoms with Gasteiger partial charge in [-0.25, -0.2) is 17.9 Å². The first kappa shape index (κ1) is 21.8. The summed E-state index contributed by atoms with van der Waals surface area (Å²) in [6, 6.07) is 6.39. The molecule has 0 unspecified atom stereocenters. The van der Waals surface area contributed by atoms with E-state index in [1.54, 1.807) is 27.9 Å². The first-order valence-electron chi connectivity index (χ1n) is 10.0. The van der Waals surface area contributed by atoms with Crippen molar-refractivity contribution in [3.05, 3.63) is 30.5 Å². The highest BCUT2D eigenvalue weighted by Crippen LogP contribution is 2.29. The number of carbonyl (C=O) groups is 1. The molecule has 1 saturated heterocycles. The normalized spacial score (nSPS) is 15.2. The smallest absolute Gasteiger partial charge is 0.407 e. The number of nitrogens with zero attached hydrogens (tertiary/aromatic N) is 6. The third-order valence-corrected chi connectivity index (χ3v) is 6.41. The van der Waals surface area contributed by atoms with Crippen LogP contribution in [0.4, 0.5) is 10.7 Å². The maximum atomic E-state index is 11.8. The first-order valence-corrected chi connectivity index (χ1v) is 11.9. The summed E-state index contributed by atoms with van der Waals surface area (Å²) < 4.78 is 31.3. The highest BCUT2D eigenvalue weighted by Gasteiger charge is 2.25. The number of hydrogen-bond donors (Lipinski definition) is 1. The quantitative estimate of drug-likeness (QED) is 0.605. The van der Waals surface area contributed by atoms with Crippen LogP contribution in [0.2, 0.25) is 0 Å². The molecule has 3 aromatic rings. The number of rotatable bonds is 5. The van der Waals surface area contributed by atoms with Crippen LogP contribution >= 0.6 is 0 Å². The highest BCUT2D eigenvalue weighted by molar-refractivity contribution is 7.90. The van der Waals surface area contributed by atoms with E-state index in [1.165, 1.54) is 17.0 Å². The predicted molar refractivity (Wildman–Crippen MR) is 117 cm³/mol. The number of piperidine rings is 1. The van der Waals surface area contributed by atoms with Gasteiger partial charge >= 0.3 is 6.09 Å². The Labute approximate surface area is 185 Å². The second-order valence-corrected chi connectivity index (χ2v) is 9.89. The second kappa shape index (κ2) is 8.26. The third kappa shape index (κ3) is 4.31. The van der Waals surface area contributed by atoms with Gasteiger partial charge in [-0.05, 0) is 24.3 Å². The molecule has 1 aliphatic heterocycles. The lowest BCUT2D eigenvalue weighted by molar-refractivity contribution is 0.0880. The largest absolute Gasteiger partial charge is 0.474 e. The molecule has 2 aromatic heterocycles. The van der Waals surface area contributed by atoms with E-state index in [1.807, 2.05) is 14.1 Å². The van der Waals surface area contributed by atoms with Crippen LogP contribution in [0.25, 0.3) is 16.7 Å². The number of hydrogen-bond acceptors (Lipinski definition) is 8. The standard InChI is InChI=1S/C20H24N6O5S/c1-24(2)19-22-17-16(18(23-19)31-14-8-10-25(11-9-14)20(27)28)12-21-26(17)13-4-6-15(7-5-13)32(3,29)30/h4-7,12,14H,8-11H2,1-3H3,(H,27,28). The van der Waals surface area contributed by atoms with Gasteiger partial charge in [0.15, 0.2) is 15.5 Å². The molecule has 11 nitrogen and oxygen atoms in total. The van der Waals surface area contributed by atoms with Gasteiger partial charge < -0.3 is 19.6 Å². The SMILES string of the molecule is CN(C)c1nc(OC2CCN(C(=O)O)CC2)c2cnn(-c3ccc(S(C)(=O)=O)cc3)c2n1. The van der Waals surface area contributed by atoms with Crippen molar-refractivity contribution in [1.82, 2.24) is 24.6 Å². The zero-order chi connectivity index (χ0) is 23.0. The van der Waals surface area contributed by atoms with Gasteiger partial charge in [0, 0.05) is 46.3 Å². The molecular formula is C20H24N6O5S. The van der Waals surface area contributed by atoms with Crippen molar-refractivity contribution in [2.75, 3.05) is 38.3 Å². The van der Waals surface area contributed by atoms with E-state index in [2.05, 4.69) is 15.1 Å². The van der Waals surface area contributed by atoms with Crippen molar-refractivity contribution in [2.45, 2.75) is 23.8 Å². The zero-order valence-corrected chi connectivity index (χ0v) is 18.8. The molecule has 1 fully saturated rings. The van der Waals surface area contributed by atoms with E-state index in [-0.39, 0.29) is 11.0 Å². The topological polar surface area (TPSA) is 131 Å². The van der Waals surface area contributed by atoms with Crippen LogP contribution in [0, 0.1) is 0 Å². The summed E-state index contributed by atoms with van der Waals surface area (Å²) in [5.74, 6) is 0.816. The van der Waals surface area contributed by atoms with E-state index in [4.69, 9.17) is 9.84 Å². The lowest BCUT2D eigenvalue weighted by atomic mass is 10.1. The summed E-state index contributed by atoms with van der Waals surface area (Å²) in [5.41, 5.74) is 1.17. The average Bonchev–Trinajstić information content (AvgIpc) is 3.18. The maximum Gasteiger partial charge on any atom is 0.407 e. The van der Waals surface area contributed by atoms with E-state index < -0.39 is 15.9 Å². The van der Waals surface area contributed by atoms with Gasteiger partial charge in [-0.3, -0.25) is 0 Å². The molecule has 4 rings (SSSR count). The number of ether oxygens (including phenoxy) is 1. The number of likely N-dealkylation sites (tertiary alicyclic amines) is 1. The Morgan fingerprint density at radius 3 is 2.38 bits per heavy atom. The van der Waals surface area contributed by atoms with Gasteiger partial charge in [-0.15, -0.1) is 0 Å². The summed E-state index contributed by atoms with van der Waals surface area (Å²) in [7, 11) is 0.331. The number of sulfone groups is 1. The summed E-state index contributed by atoms with van der Waals surface area (Å²) in [6.07, 6.45) is 2.81. The van der Waals surface area contributed by atoms with Gasteiger partial charge in [0.25, 0.3) is 0 Å². The number of benzene rings is 1. The monoisotopic (exact) mass is 460 g/mol. The van der Waals surface area contributed by atoms with Crippen LogP contribution in [-0.4, -0.2) is 83.8 Å². The molecule has 3 heterocycles. The van der Waals surface area contributed by atoms with Crippen LogP contribution < -0.4 is 9.64 Å². The number of aromatic nitrogens is 4. The molecule has 0 atom stereocenters. The Kier molecular flexibility index (Phi) is 5.63. The van der Waals surface area contributed by atoms with E-state index in [9.17, 15) is 13.2 Å². The summed E-state index contributed by atoms with van der Waals surface area (Å²) in [5, 5.41) is 14.2. The minimum Gasteiger partial charge on any atom is -0.474 e. The van der Waals surface area contributed by atoms with Crippen LogP contribution in [0.5, 0.6) is 5.88 Å². The number of amides is 1. The number of carboxylic acid groups (broad SMARTS) is 1. The van der Waals surface area contributed by atoms with Crippen molar-refractivity contribution >= 4 is 32.9 Å². The Bertz CT molecular complexity index is 1250. The third-order valence-electron chi connectivity index (χ3n) is 5.28. The van der Waals surface area contributed by atoms with Gasteiger partial charge in [0.2, 0.25) is 11.8 Å². The lowest BCUT2D eigenvalue weighted by Gasteiger charge is -2.30. The fraction of sp³-hybridized carbons (Fsp3) is 0.400. The van der Waals surface area contributed by atoms with Crippen molar-refractivity contribution in [1.29, 1.82) is 0 Å². The molecule has 170 valence electrons. The molecule has 0 spiro atoms. The molecule has 0 bridgehead atoms. The number of fused-ring (bicyclic) bond motifs is 1. The van der Waals surface area contributed by atoms with Crippen LogP contribution in [0.15, 0.2) is 35.4 Å². The molecule has 1 aromatic carbocycles. The van der Waals surface area contributed by atoms with Gasteiger partial charge in [-0.1, -0.05) is 0 Å². The Balaban J connectivity index is 1.69. The molecule has 1 aliphatic rings. The molecular weight excluding hydrogens is 436 g/mol. The van der Waals surface area contributed by atoms with E-state index in [0.717, 1.165) is 6.26 Å². The first-order chi connectivity index (χ1) is 15.1. The van der Waals surface area contributed by atoms with Gasteiger partial charge in [0.1, 0.15) is 11.5 Å². The van der Waals surface area contributed by atoms with Crippen LogP contribution in [0.1, 0.15) is 12.8 Å². The Hall–Kier alpha value is -3.41. The van der Waals surface area contributed by atoms with Crippen LogP contribution in [0.3, 0.4) is 0 Å². The molecule has 1 N–H and O–H groups in total. The van der Waals surface area contributed by atoms with Crippen molar-refractivity contribution in [3.8, 4) is 11.6 Å². The van der Waals surface area contributed by atoms with Crippen molar-refractivity contribution in [3.63, 3.8) is 0 Å². The summed E-state index contributed by atoms with van der Waals surface area (Å²) in [4.78, 5) is 23.6. The molecule has 0 aliphatic carbocycles. The molecule has 12 heteroatoms. The van der Waals surface area contributed by atoms with Gasteiger partial charge in [0.05, 0.1) is 16.8 Å². The lowest BCUT2D eigenvalue weighted by Crippen LogP contribution is -2.41. The Morgan fingerprint density at radius 2 is 1.81 bits per heavy atom. The van der Waals surface area contributed by atoms with Crippen LogP contribution in [-0.2, 0) is 9.84 Å². The van der Waals surface area contributed by atoms with Gasteiger partial charge in [-0.2, -0.15) is 15.1 Å². The number of anilines is 1. The van der Waals surface area contributed by atoms with E-state index >= 15 is 0 Å². The minimum atomic E-state index is -3.30. The van der Waals surface area contributed by atoms with E-state index in [0.29, 0.717) is 54.5 Å². The summed E-state index contributed by atoms with van der Waals surface area (Å²) in [6.45, 7) is 0.807. The highest BCUT2D eigenvalue weighted by atomic mass is 32.2. The van der Waals surface area contributed by atoms with Crippen molar-refractivity contribution in [2.24, 2.45) is 0 Å². The van der Waals surface area contributed by atoms with Crippen molar-refractivity contribution < 1.29 is 23.1 Å². The molecule has 0 radical (unpaired) electrons. The second-order valence-electron chi connectivity index (χ2n) is 7.87. The fourth-order valence-electron chi connectivity index (χ4n) is 3.51. The average molecular weight is 461 g/mol. The fourth-order valence-corrected chi connectivity index (χ4v) is 4.14. The maximum absolute atomic E-state index is 11.8. The zero-order valence-electron chi connectivity index (χ0n) is 18.0. The Morgan fingerprint density at radius 1 is 1.16 bits per heavy atom. The molecule has 0 saturated carbocycles. The molecule has 1 amide bonds. The minimum absolute atomic E-state index is 0.170.